The van der Waals surface area contributed by atoms with E-state index < -0.39 is 0 Å². The summed E-state index contributed by atoms with van der Waals surface area (Å²) in [5.74, 6) is 0.411. The predicted molar refractivity (Wildman–Crippen MR) is 75.3 cm³/mol. The van der Waals surface area contributed by atoms with Crippen molar-refractivity contribution in [1.82, 2.24) is 9.55 Å². The van der Waals surface area contributed by atoms with Gasteiger partial charge in [0.15, 0.2) is 0 Å². The molecule has 19 heavy (non-hydrogen) atoms. The van der Waals surface area contributed by atoms with Crippen LogP contribution in [0.5, 0.6) is 0 Å². The molecule has 0 aliphatic rings. The Balaban J connectivity index is 2.27. The third kappa shape index (κ3) is 1.85. The largest absolute Gasteiger partial charge is 0.398 e. The van der Waals surface area contributed by atoms with Gasteiger partial charge in [0.25, 0.3) is 0 Å². The second kappa shape index (κ2) is 4.09. The van der Waals surface area contributed by atoms with E-state index in [4.69, 9.17) is 5.73 Å². The fourth-order valence-corrected chi connectivity index (χ4v) is 2.29. The van der Waals surface area contributed by atoms with Gasteiger partial charge in [-0.05, 0) is 42.8 Å². The van der Waals surface area contributed by atoms with E-state index in [-0.39, 0.29) is 5.82 Å². The first-order valence-corrected chi connectivity index (χ1v) is 6.05. The Morgan fingerprint density at radius 3 is 2.68 bits per heavy atom. The van der Waals surface area contributed by atoms with Crippen molar-refractivity contribution in [1.29, 1.82) is 0 Å². The molecule has 0 atom stereocenters. The van der Waals surface area contributed by atoms with Crippen LogP contribution in [0.25, 0.3) is 22.4 Å². The van der Waals surface area contributed by atoms with Crippen LogP contribution in [0.3, 0.4) is 0 Å². The number of nitrogen functional groups attached to an aromatic ring is 1. The van der Waals surface area contributed by atoms with Crippen LogP contribution in [-0.2, 0) is 7.05 Å². The van der Waals surface area contributed by atoms with Crippen molar-refractivity contribution in [3.8, 4) is 11.4 Å². The number of halogens is 1. The van der Waals surface area contributed by atoms with Gasteiger partial charge >= 0.3 is 0 Å². The fraction of sp³-hybridized carbons (Fsp3) is 0.133. The number of nitrogens with zero attached hydrogens (tertiary/aromatic N) is 2. The number of rotatable bonds is 1. The minimum absolute atomic E-state index is 0.337. The van der Waals surface area contributed by atoms with Gasteiger partial charge in [-0.15, -0.1) is 0 Å². The fourth-order valence-electron chi connectivity index (χ4n) is 2.29. The van der Waals surface area contributed by atoms with E-state index in [9.17, 15) is 4.39 Å². The number of hydrogen-bond donors (Lipinski definition) is 1. The Morgan fingerprint density at radius 1 is 1.16 bits per heavy atom. The number of anilines is 1. The molecule has 0 bridgehead atoms. The normalized spacial score (nSPS) is 11.1. The summed E-state index contributed by atoms with van der Waals surface area (Å²) in [6, 6.07) is 10.5. The maximum Gasteiger partial charge on any atom is 0.142 e. The van der Waals surface area contributed by atoms with Crippen molar-refractivity contribution < 1.29 is 4.39 Å². The number of hydrogen-bond acceptors (Lipinski definition) is 2. The van der Waals surface area contributed by atoms with Gasteiger partial charge < -0.3 is 10.3 Å². The molecule has 0 saturated carbocycles. The number of aryl methyl sites for hydroxylation is 2. The lowest BCUT2D eigenvalue weighted by Crippen LogP contribution is -1.97. The third-order valence-electron chi connectivity index (χ3n) is 3.29. The Hall–Kier alpha value is -2.36. The van der Waals surface area contributed by atoms with Crippen LogP contribution in [0, 0.1) is 12.7 Å². The molecule has 3 nitrogen and oxygen atoms in total. The topological polar surface area (TPSA) is 43.8 Å². The predicted octanol–water partition coefficient (Wildman–Crippen LogP) is 3.27. The van der Waals surface area contributed by atoms with E-state index in [0.717, 1.165) is 28.0 Å². The van der Waals surface area contributed by atoms with Crippen LogP contribution >= 0.6 is 0 Å². The standard InChI is InChI=1S/C15H14FN3/c1-9-3-6-14-13(7-9)18-15(19(14)2)11-5-4-10(16)8-12(11)17/h3-8H,17H2,1-2H3. The van der Waals surface area contributed by atoms with Crippen molar-refractivity contribution in [3.63, 3.8) is 0 Å². The molecule has 1 aromatic heterocycles. The number of fused-ring (bicyclic) bond motifs is 1. The molecular formula is C15H14FN3. The highest BCUT2D eigenvalue weighted by Gasteiger charge is 2.12. The van der Waals surface area contributed by atoms with E-state index in [2.05, 4.69) is 4.98 Å². The van der Waals surface area contributed by atoms with Gasteiger partial charge in [0.1, 0.15) is 11.6 Å². The highest BCUT2D eigenvalue weighted by Crippen LogP contribution is 2.28. The molecule has 96 valence electrons. The molecule has 0 saturated heterocycles. The van der Waals surface area contributed by atoms with Crippen molar-refractivity contribution in [2.24, 2.45) is 7.05 Å². The maximum atomic E-state index is 13.1. The van der Waals surface area contributed by atoms with Crippen molar-refractivity contribution in [2.75, 3.05) is 5.73 Å². The summed E-state index contributed by atoms with van der Waals surface area (Å²) >= 11 is 0. The lowest BCUT2D eigenvalue weighted by Gasteiger charge is -2.05. The van der Waals surface area contributed by atoms with Gasteiger partial charge in [-0.1, -0.05) is 6.07 Å². The van der Waals surface area contributed by atoms with E-state index in [1.165, 1.54) is 12.1 Å². The number of imidazole rings is 1. The highest BCUT2D eigenvalue weighted by molar-refractivity contribution is 5.83. The van der Waals surface area contributed by atoms with Crippen molar-refractivity contribution in [3.05, 3.63) is 47.8 Å². The Morgan fingerprint density at radius 2 is 1.95 bits per heavy atom. The van der Waals surface area contributed by atoms with Gasteiger partial charge in [0, 0.05) is 18.3 Å². The Kier molecular flexibility index (Phi) is 2.52. The van der Waals surface area contributed by atoms with Gasteiger partial charge in [-0.25, -0.2) is 9.37 Å². The average molecular weight is 255 g/mol. The quantitative estimate of drug-likeness (QED) is 0.678. The molecule has 0 radical (unpaired) electrons. The van der Waals surface area contributed by atoms with E-state index in [1.807, 2.05) is 36.7 Å². The minimum Gasteiger partial charge on any atom is -0.398 e. The zero-order chi connectivity index (χ0) is 13.6. The molecular weight excluding hydrogens is 241 g/mol. The molecule has 0 fully saturated rings. The van der Waals surface area contributed by atoms with E-state index in [1.54, 1.807) is 6.07 Å². The smallest absolute Gasteiger partial charge is 0.142 e. The molecule has 0 aliphatic heterocycles. The Bertz CT molecular complexity index is 774. The monoisotopic (exact) mass is 255 g/mol. The molecule has 2 aromatic carbocycles. The molecule has 1 heterocycles. The van der Waals surface area contributed by atoms with Crippen LogP contribution in [-0.4, -0.2) is 9.55 Å². The summed E-state index contributed by atoms with van der Waals surface area (Å²) in [5, 5.41) is 0. The van der Waals surface area contributed by atoms with Crippen LogP contribution < -0.4 is 5.73 Å². The molecule has 0 unspecified atom stereocenters. The number of nitrogens with two attached hydrogens (primary N) is 1. The molecule has 0 amide bonds. The van der Waals surface area contributed by atoms with Gasteiger partial charge in [0.05, 0.1) is 11.0 Å². The van der Waals surface area contributed by atoms with Crippen LogP contribution in [0.4, 0.5) is 10.1 Å². The molecule has 3 rings (SSSR count). The first kappa shape index (κ1) is 11.7. The molecule has 4 heteroatoms. The summed E-state index contributed by atoms with van der Waals surface area (Å²) in [7, 11) is 1.93. The second-order valence-corrected chi connectivity index (χ2v) is 4.72. The van der Waals surface area contributed by atoms with E-state index >= 15 is 0 Å². The summed E-state index contributed by atoms with van der Waals surface area (Å²) in [6.07, 6.45) is 0. The zero-order valence-electron chi connectivity index (χ0n) is 10.8. The first-order valence-electron chi connectivity index (χ1n) is 6.05. The molecule has 2 N–H and O–H groups in total. The van der Waals surface area contributed by atoms with Gasteiger partial charge in [-0.3, -0.25) is 0 Å². The minimum atomic E-state index is -0.337. The summed E-state index contributed by atoms with van der Waals surface area (Å²) in [5.41, 5.74) is 10.1. The Labute approximate surface area is 110 Å². The third-order valence-corrected chi connectivity index (χ3v) is 3.29. The second-order valence-electron chi connectivity index (χ2n) is 4.72. The van der Waals surface area contributed by atoms with Gasteiger partial charge in [0.2, 0.25) is 0 Å². The summed E-state index contributed by atoms with van der Waals surface area (Å²) < 4.78 is 15.1. The van der Waals surface area contributed by atoms with E-state index in [0.29, 0.717) is 5.69 Å². The molecule has 3 aromatic rings. The van der Waals surface area contributed by atoms with Crippen LogP contribution in [0.2, 0.25) is 0 Å². The molecule has 0 aliphatic carbocycles. The summed E-state index contributed by atoms with van der Waals surface area (Å²) in [6.45, 7) is 2.03. The van der Waals surface area contributed by atoms with Gasteiger partial charge in [-0.2, -0.15) is 0 Å². The number of benzene rings is 2. The van der Waals surface area contributed by atoms with Crippen molar-refractivity contribution >= 4 is 16.7 Å². The van der Waals surface area contributed by atoms with Crippen LogP contribution in [0.15, 0.2) is 36.4 Å². The lowest BCUT2D eigenvalue weighted by atomic mass is 10.1. The maximum absolute atomic E-state index is 13.1. The SMILES string of the molecule is Cc1ccc2c(c1)nc(-c1ccc(F)cc1N)n2C. The van der Waals surface area contributed by atoms with Crippen molar-refractivity contribution in [2.45, 2.75) is 6.92 Å². The summed E-state index contributed by atoms with van der Waals surface area (Å²) in [4.78, 5) is 4.59. The lowest BCUT2D eigenvalue weighted by molar-refractivity contribution is 0.628. The first-order chi connectivity index (χ1) is 9.06. The highest BCUT2D eigenvalue weighted by atomic mass is 19.1. The number of aromatic nitrogens is 2. The zero-order valence-corrected chi connectivity index (χ0v) is 10.8. The molecule has 0 spiro atoms. The average Bonchev–Trinajstić information content (AvgIpc) is 2.66. The van der Waals surface area contributed by atoms with Crippen LogP contribution in [0.1, 0.15) is 5.56 Å².